The van der Waals surface area contributed by atoms with Crippen molar-refractivity contribution < 1.29 is 33.9 Å². The van der Waals surface area contributed by atoms with Crippen molar-refractivity contribution in [2.45, 2.75) is 69.1 Å². The molecule has 5 amide bonds. The number of amides is 5. The Labute approximate surface area is 184 Å². The molecular formula is C19H30N6O7. The second kappa shape index (κ2) is 10.9. The fourth-order valence-electron chi connectivity index (χ4n) is 4.12. The normalized spacial score (nSPS) is 22.3. The lowest BCUT2D eigenvalue weighted by atomic mass is 10.1. The molecule has 0 aromatic heterocycles. The summed E-state index contributed by atoms with van der Waals surface area (Å²) in [6, 6.07) is -4.29. The standard InChI is InChI=1S/C19H30N6O7/c20-10(9-15(22)27)17(29)24-7-1-3-12(24)16(28)23-11(5-6-14(21)26)18(30)25-8-2-4-13(25)19(31)32/h10-13H,1-9,20H2,(H2,21,26)(H2,22,27)(H,23,28)(H,31,32). The van der Waals surface area contributed by atoms with E-state index in [1.165, 1.54) is 9.80 Å². The van der Waals surface area contributed by atoms with E-state index in [9.17, 15) is 33.9 Å². The van der Waals surface area contributed by atoms with Crippen LogP contribution in [0.3, 0.4) is 0 Å². The Bertz CT molecular complexity index is 788. The minimum Gasteiger partial charge on any atom is -0.480 e. The molecule has 8 N–H and O–H groups in total. The van der Waals surface area contributed by atoms with Crippen LogP contribution >= 0.6 is 0 Å². The summed E-state index contributed by atoms with van der Waals surface area (Å²) in [5.41, 5.74) is 16.0. The first-order valence-corrected chi connectivity index (χ1v) is 10.5. The summed E-state index contributed by atoms with van der Waals surface area (Å²) in [5, 5.41) is 11.9. The quantitative estimate of drug-likeness (QED) is 0.228. The number of rotatable bonds is 10. The molecule has 2 aliphatic heterocycles. The fourth-order valence-corrected chi connectivity index (χ4v) is 4.12. The van der Waals surface area contributed by atoms with Crippen molar-refractivity contribution in [3.63, 3.8) is 0 Å². The number of carboxylic acids is 1. The molecule has 178 valence electrons. The van der Waals surface area contributed by atoms with Gasteiger partial charge in [-0.3, -0.25) is 24.0 Å². The maximum absolute atomic E-state index is 13.0. The van der Waals surface area contributed by atoms with Crippen molar-refractivity contribution >= 4 is 35.5 Å². The molecule has 2 aliphatic rings. The number of primary amides is 2. The van der Waals surface area contributed by atoms with Crippen LogP contribution in [0.4, 0.5) is 0 Å². The Morgan fingerprint density at radius 2 is 1.47 bits per heavy atom. The minimum absolute atomic E-state index is 0.107. The molecule has 0 saturated carbocycles. The molecule has 0 aromatic rings. The number of nitrogens with zero attached hydrogens (tertiary/aromatic N) is 2. The van der Waals surface area contributed by atoms with Gasteiger partial charge >= 0.3 is 5.97 Å². The zero-order valence-corrected chi connectivity index (χ0v) is 17.7. The molecule has 4 unspecified atom stereocenters. The van der Waals surface area contributed by atoms with Crippen molar-refractivity contribution in [1.82, 2.24) is 15.1 Å². The van der Waals surface area contributed by atoms with Crippen LogP contribution in [0.25, 0.3) is 0 Å². The number of hydrogen-bond acceptors (Lipinski definition) is 7. The van der Waals surface area contributed by atoms with Gasteiger partial charge in [-0.2, -0.15) is 0 Å². The van der Waals surface area contributed by atoms with Crippen LogP contribution in [-0.2, 0) is 28.8 Å². The van der Waals surface area contributed by atoms with Crippen molar-refractivity contribution in [2.24, 2.45) is 17.2 Å². The van der Waals surface area contributed by atoms with E-state index >= 15 is 0 Å². The van der Waals surface area contributed by atoms with Crippen LogP contribution in [0.2, 0.25) is 0 Å². The van der Waals surface area contributed by atoms with Gasteiger partial charge < -0.3 is 37.4 Å². The maximum Gasteiger partial charge on any atom is 0.326 e. The number of carboxylic acid groups (broad SMARTS) is 1. The molecule has 0 aliphatic carbocycles. The molecule has 2 rings (SSSR count). The molecule has 0 spiro atoms. The third kappa shape index (κ3) is 6.15. The second-order valence-corrected chi connectivity index (χ2v) is 8.06. The van der Waals surface area contributed by atoms with Gasteiger partial charge in [0.05, 0.1) is 12.5 Å². The third-order valence-electron chi connectivity index (χ3n) is 5.69. The van der Waals surface area contributed by atoms with E-state index < -0.39 is 59.7 Å². The molecule has 0 bridgehead atoms. The van der Waals surface area contributed by atoms with E-state index in [0.29, 0.717) is 25.7 Å². The molecule has 0 radical (unpaired) electrons. The Balaban J connectivity index is 2.13. The number of hydrogen-bond donors (Lipinski definition) is 5. The van der Waals surface area contributed by atoms with Gasteiger partial charge in [0.25, 0.3) is 0 Å². The summed E-state index contributed by atoms with van der Waals surface area (Å²) < 4.78 is 0. The molecule has 13 heteroatoms. The van der Waals surface area contributed by atoms with Crippen LogP contribution in [0.1, 0.15) is 44.9 Å². The number of carbonyl (C=O) groups excluding carboxylic acids is 5. The molecule has 32 heavy (non-hydrogen) atoms. The lowest BCUT2D eigenvalue weighted by Gasteiger charge is -2.30. The topological polar surface area (TPSA) is 219 Å². The molecule has 13 nitrogen and oxygen atoms in total. The summed E-state index contributed by atoms with van der Waals surface area (Å²) >= 11 is 0. The monoisotopic (exact) mass is 454 g/mol. The van der Waals surface area contributed by atoms with Crippen LogP contribution in [0.5, 0.6) is 0 Å². The van der Waals surface area contributed by atoms with Gasteiger partial charge in [0.1, 0.15) is 18.1 Å². The van der Waals surface area contributed by atoms with Crippen molar-refractivity contribution in [3.05, 3.63) is 0 Å². The summed E-state index contributed by atoms with van der Waals surface area (Å²) in [6.07, 6.45) is 0.958. The first-order valence-electron chi connectivity index (χ1n) is 10.5. The van der Waals surface area contributed by atoms with Gasteiger partial charge in [0.2, 0.25) is 29.5 Å². The molecule has 0 aromatic carbocycles. The number of likely N-dealkylation sites (tertiary alicyclic amines) is 2. The molecular weight excluding hydrogens is 424 g/mol. The predicted octanol–water partition coefficient (Wildman–Crippen LogP) is -2.99. The average Bonchev–Trinajstić information content (AvgIpc) is 3.38. The van der Waals surface area contributed by atoms with E-state index in [1.54, 1.807) is 0 Å². The predicted molar refractivity (Wildman–Crippen MR) is 109 cm³/mol. The molecule has 2 heterocycles. The van der Waals surface area contributed by atoms with Crippen LogP contribution in [0.15, 0.2) is 0 Å². The smallest absolute Gasteiger partial charge is 0.326 e. The molecule has 4 atom stereocenters. The first-order chi connectivity index (χ1) is 15.0. The Morgan fingerprint density at radius 1 is 0.906 bits per heavy atom. The molecule has 2 saturated heterocycles. The second-order valence-electron chi connectivity index (χ2n) is 8.06. The number of nitrogens with one attached hydrogen (secondary N) is 1. The van der Waals surface area contributed by atoms with Gasteiger partial charge in [-0.15, -0.1) is 0 Å². The Kier molecular flexibility index (Phi) is 8.52. The van der Waals surface area contributed by atoms with E-state index in [-0.39, 0.29) is 32.4 Å². The van der Waals surface area contributed by atoms with Gasteiger partial charge in [-0.05, 0) is 32.1 Å². The highest BCUT2D eigenvalue weighted by atomic mass is 16.4. The van der Waals surface area contributed by atoms with Crippen LogP contribution < -0.4 is 22.5 Å². The van der Waals surface area contributed by atoms with Crippen LogP contribution in [-0.4, -0.2) is 87.7 Å². The van der Waals surface area contributed by atoms with E-state index in [4.69, 9.17) is 17.2 Å². The van der Waals surface area contributed by atoms with E-state index in [0.717, 1.165) is 0 Å². The summed E-state index contributed by atoms with van der Waals surface area (Å²) in [5.74, 6) is -4.43. The van der Waals surface area contributed by atoms with Crippen molar-refractivity contribution in [1.29, 1.82) is 0 Å². The summed E-state index contributed by atoms with van der Waals surface area (Å²) in [4.78, 5) is 74.7. The SMILES string of the molecule is NC(=O)CCC(NC(=O)C1CCCN1C(=O)C(N)CC(N)=O)C(=O)N1CCCC1C(=O)O. The zero-order valence-electron chi connectivity index (χ0n) is 17.7. The highest BCUT2D eigenvalue weighted by Gasteiger charge is 2.41. The number of carbonyl (C=O) groups is 6. The Hall–Kier alpha value is -3.22. The van der Waals surface area contributed by atoms with Gasteiger partial charge in [0, 0.05) is 19.5 Å². The van der Waals surface area contributed by atoms with Crippen LogP contribution in [0, 0.1) is 0 Å². The highest BCUT2D eigenvalue weighted by Crippen LogP contribution is 2.22. The Morgan fingerprint density at radius 3 is 2.00 bits per heavy atom. The third-order valence-corrected chi connectivity index (χ3v) is 5.69. The van der Waals surface area contributed by atoms with Crippen molar-refractivity contribution in [3.8, 4) is 0 Å². The van der Waals surface area contributed by atoms with E-state index in [1.807, 2.05) is 0 Å². The van der Waals surface area contributed by atoms with Gasteiger partial charge in [0.15, 0.2) is 0 Å². The number of nitrogens with two attached hydrogens (primary N) is 3. The zero-order chi connectivity index (χ0) is 24.0. The molecule has 2 fully saturated rings. The summed E-state index contributed by atoms with van der Waals surface area (Å²) in [6.45, 7) is 0.464. The minimum atomic E-state index is -1.19. The largest absolute Gasteiger partial charge is 0.480 e. The maximum atomic E-state index is 13.0. The van der Waals surface area contributed by atoms with E-state index in [2.05, 4.69) is 5.32 Å². The average molecular weight is 454 g/mol. The van der Waals surface area contributed by atoms with Gasteiger partial charge in [-0.25, -0.2) is 4.79 Å². The van der Waals surface area contributed by atoms with Gasteiger partial charge in [-0.1, -0.05) is 0 Å². The lowest BCUT2D eigenvalue weighted by Crippen LogP contribution is -2.57. The number of aliphatic carboxylic acids is 1. The lowest BCUT2D eigenvalue weighted by molar-refractivity contribution is -0.150. The van der Waals surface area contributed by atoms with Crippen molar-refractivity contribution in [2.75, 3.05) is 13.1 Å². The first kappa shape index (κ1) is 25.0. The summed E-state index contributed by atoms with van der Waals surface area (Å²) in [7, 11) is 0. The fraction of sp³-hybridized carbons (Fsp3) is 0.684. The highest BCUT2D eigenvalue weighted by molar-refractivity contribution is 5.95.